The second-order valence-electron chi connectivity index (χ2n) is 6.05. The first-order valence-corrected chi connectivity index (χ1v) is 7.69. The van der Waals surface area contributed by atoms with E-state index in [1.54, 1.807) is 0 Å². The van der Waals surface area contributed by atoms with Gasteiger partial charge in [0.1, 0.15) is 0 Å². The second-order valence-corrected chi connectivity index (χ2v) is 6.05. The summed E-state index contributed by atoms with van der Waals surface area (Å²) in [5.41, 5.74) is 0.905. The minimum atomic E-state index is 0.153. The van der Waals surface area contributed by atoms with Crippen LogP contribution in [0.4, 0.5) is 0 Å². The Labute approximate surface area is 119 Å². The molecule has 5 nitrogen and oxygen atoms in total. The van der Waals surface area contributed by atoms with Crippen molar-refractivity contribution in [3.8, 4) is 0 Å². The van der Waals surface area contributed by atoms with Gasteiger partial charge < -0.3 is 9.84 Å². The normalized spacial score (nSPS) is 24.4. The number of hydrogen-bond donors (Lipinski definition) is 1. The lowest BCUT2D eigenvalue weighted by atomic mass is 10.1. The SMILES string of the molecule is Cc1cc([C@H]2CCCN2CC(=O)NC2CCCC2)on1. The Morgan fingerprint density at radius 3 is 2.90 bits per heavy atom. The number of nitrogens with zero attached hydrogens (tertiary/aromatic N) is 2. The Kier molecular flexibility index (Phi) is 4.05. The van der Waals surface area contributed by atoms with E-state index in [0.717, 1.165) is 43.7 Å². The van der Waals surface area contributed by atoms with E-state index in [1.807, 2.05) is 13.0 Å². The van der Waals surface area contributed by atoms with E-state index >= 15 is 0 Å². The molecule has 20 heavy (non-hydrogen) atoms. The number of aromatic nitrogens is 1. The van der Waals surface area contributed by atoms with Gasteiger partial charge in [-0.05, 0) is 39.2 Å². The monoisotopic (exact) mass is 277 g/mol. The standard InChI is InChI=1S/C15H23N3O2/c1-11-9-14(20-17-11)13-7-4-8-18(13)10-15(19)16-12-5-2-3-6-12/h9,12-13H,2-8,10H2,1H3,(H,16,19)/t13-/m1/s1. The summed E-state index contributed by atoms with van der Waals surface area (Å²) in [6, 6.07) is 2.60. The molecule has 1 atom stereocenters. The van der Waals surface area contributed by atoms with Crippen molar-refractivity contribution in [1.82, 2.24) is 15.4 Å². The topological polar surface area (TPSA) is 58.4 Å². The molecule has 1 aliphatic carbocycles. The summed E-state index contributed by atoms with van der Waals surface area (Å²) in [5, 5.41) is 7.11. The van der Waals surface area contributed by atoms with E-state index in [-0.39, 0.29) is 11.9 Å². The zero-order chi connectivity index (χ0) is 13.9. The van der Waals surface area contributed by atoms with Gasteiger partial charge in [0.25, 0.3) is 0 Å². The summed E-state index contributed by atoms with van der Waals surface area (Å²) in [7, 11) is 0. The molecule has 1 amide bonds. The Morgan fingerprint density at radius 1 is 1.40 bits per heavy atom. The fraction of sp³-hybridized carbons (Fsp3) is 0.733. The van der Waals surface area contributed by atoms with Crippen molar-refractivity contribution in [2.75, 3.05) is 13.1 Å². The predicted octanol–water partition coefficient (Wildman–Crippen LogP) is 2.18. The molecule has 1 aromatic rings. The van der Waals surface area contributed by atoms with Gasteiger partial charge in [0.15, 0.2) is 5.76 Å². The van der Waals surface area contributed by atoms with Crippen molar-refractivity contribution in [2.45, 2.75) is 57.5 Å². The van der Waals surface area contributed by atoms with Crippen molar-refractivity contribution in [1.29, 1.82) is 0 Å². The molecule has 0 radical (unpaired) electrons. The Balaban J connectivity index is 1.56. The molecular formula is C15H23N3O2. The van der Waals surface area contributed by atoms with Crippen LogP contribution in [0.1, 0.15) is 56.0 Å². The molecule has 0 unspecified atom stereocenters. The molecule has 2 heterocycles. The van der Waals surface area contributed by atoms with Crippen LogP contribution in [-0.4, -0.2) is 35.1 Å². The van der Waals surface area contributed by atoms with Gasteiger partial charge in [-0.1, -0.05) is 18.0 Å². The van der Waals surface area contributed by atoms with Gasteiger partial charge in [-0.25, -0.2) is 0 Å². The third-order valence-electron chi connectivity index (χ3n) is 4.41. The largest absolute Gasteiger partial charge is 0.359 e. The van der Waals surface area contributed by atoms with Crippen LogP contribution in [0.3, 0.4) is 0 Å². The van der Waals surface area contributed by atoms with E-state index in [0.29, 0.717) is 12.6 Å². The first-order valence-electron chi connectivity index (χ1n) is 7.69. The molecule has 1 aromatic heterocycles. The fourth-order valence-electron chi connectivity index (χ4n) is 3.41. The molecule has 2 fully saturated rings. The molecule has 2 aliphatic rings. The number of nitrogens with one attached hydrogen (secondary N) is 1. The summed E-state index contributed by atoms with van der Waals surface area (Å²) in [6.45, 7) is 3.36. The lowest BCUT2D eigenvalue weighted by molar-refractivity contribution is -0.123. The molecule has 1 aliphatic heterocycles. The number of aryl methyl sites for hydroxylation is 1. The minimum absolute atomic E-state index is 0.153. The number of carbonyl (C=O) groups excluding carboxylic acids is 1. The molecule has 5 heteroatoms. The fourth-order valence-corrected chi connectivity index (χ4v) is 3.41. The molecule has 3 rings (SSSR count). The van der Waals surface area contributed by atoms with E-state index in [2.05, 4.69) is 15.4 Å². The molecule has 1 N–H and O–H groups in total. The zero-order valence-corrected chi connectivity index (χ0v) is 12.1. The Hall–Kier alpha value is -1.36. The van der Waals surface area contributed by atoms with Crippen LogP contribution < -0.4 is 5.32 Å². The maximum atomic E-state index is 12.1. The third kappa shape index (κ3) is 3.03. The van der Waals surface area contributed by atoms with Crippen LogP contribution in [0.5, 0.6) is 0 Å². The van der Waals surface area contributed by atoms with Crippen LogP contribution in [0.15, 0.2) is 10.6 Å². The molecule has 1 saturated heterocycles. The van der Waals surface area contributed by atoms with Gasteiger partial charge >= 0.3 is 0 Å². The third-order valence-corrected chi connectivity index (χ3v) is 4.41. The highest BCUT2D eigenvalue weighted by molar-refractivity contribution is 5.78. The van der Waals surface area contributed by atoms with Crippen LogP contribution in [0.2, 0.25) is 0 Å². The summed E-state index contributed by atoms with van der Waals surface area (Å²) in [6.07, 6.45) is 6.92. The average Bonchev–Trinajstić information content (AvgIpc) is 3.11. The lowest BCUT2D eigenvalue weighted by Crippen LogP contribution is -2.40. The van der Waals surface area contributed by atoms with E-state index in [4.69, 9.17) is 4.52 Å². The maximum absolute atomic E-state index is 12.1. The number of likely N-dealkylation sites (tertiary alicyclic amines) is 1. The van der Waals surface area contributed by atoms with Crippen molar-refractivity contribution in [3.05, 3.63) is 17.5 Å². The van der Waals surface area contributed by atoms with E-state index in [9.17, 15) is 4.79 Å². The maximum Gasteiger partial charge on any atom is 0.234 e. The van der Waals surface area contributed by atoms with Crippen LogP contribution in [0.25, 0.3) is 0 Å². The van der Waals surface area contributed by atoms with Gasteiger partial charge in [0, 0.05) is 12.1 Å². The number of hydrogen-bond acceptors (Lipinski definition) is 4. The van der Waals surface area contributed by atoms with Gasteiger partial charge in [-0.2, -0.15) is 0 Å². The molecule has 0 bridgehead atoms. The van der Waals surface area contributed by atoms with Crippen LogP contribution in [0, 0.1) is 6.92 Å². The molecular weight excluding hydrogens is 254 g/mol. The van der Waals surface area contributed by atoms with Crippen molar-refractivity contribution in [3.63, 3.8) is 0 Å². The smallest absolute Gasteiger partial charge is 0.234 e. The molecule has 1 saturated carbocycles. The number of carbonyl (C=O) groups is 1. The highest BCUT2D eigenvalue weighted by Crippen LogP contribution is 2.31. The van der Waals surface area contributed by atoms with E-state index < -0.39 is 0 Å². The van der Waals surface area contributed by atoms with Crippen LogP contribution >= 0.6 is 0 Å². The quantitative estimate of drug-likeness (QED) is 0.916. The van der Waals surface area contributed by atoms with Gasteiger partial charge in [-0.3, -0.25) is 9.69 Å². The van der Waals surface area contributed by atoms with Crippen molar-refractivity contribution in [2.24, 2.45) is 0 Å². The van der Waals surface area contributed by atoms with Gasteiger partial charge in [0.2, 0.25) is 5.91 Å². The lowest BCUT2D eigenvalue weighted by Gasteiger charge is -2.22. The molecule has 0 spiro atoms. The van der Waals surface area contributed by atoms with E-state index in [1.165, 1.54) is 12.8 Å². The van der Waals surface area contributed by atoms with Crippen molar-refractivity contribution >= 4 is 5.91 Å². The first-order chi connectivity index (χ1) is 9.72. The second kappa shape index (κ2) is 5.95. The van der Waals surface area contributed by atoms with Crippen molar-refractivity contribution < 1.29 is 9.32 Å². The van der Waals surface area contributed by atoms with Gasteiger partial charge in [-0.15, -0.1) is 0 Å². The Morgan fingerprint density at radius 2 is 2.20 bits per heavy atom. The minimum Gasteiger partial charge on any atom is -0.359 e. The summed E-state index contributed by atoms with van der Waals surface area (Å²) in [4.78, 5) is 14.4. The average molecular weight is 277 g/mol. The summed E-state index contributed by atoms with van der Waals surface area (Å²) >= 11 is 0. The molecule has 110 valence electrons. The number of rotatable bonds is 4. The van der Waals surface area contributed by atoms with Gasteiger partial charge in [0.05, 0.1) is 18.3 Å². The predicted molar refractivity (Wildman–Crippen MR) is 75.2 cm³/mol. The summed E-state index contributed by atoms with van der Waals surface area (Å²) in [5.74, 6) is 1.05. The highest BCUT2D eigenvalue weighted by Gasteiger charge is 2.30. The first kappa shape index (κ1) is 13.6. The zero-order valence-electron chi connectivity index (χ0n) is 12.1. The summed E-state index contributed by atoms with van der Waals surface area (Å²) < 4.78 is 5.37. The van der Waals surface area contributed by atoms with Crippen LogP contribution in [-0.2, 0) is 4.79 Å². The Bertz CT molecular complexity index is 465. The number of amides is 1. The highest BCUT2D eigenvalue weighted by atomic mass is 16.5. The molecule has 0 aromatic carbocycles.